The first-order chi connectivity index (χ1) is 8.52. The lowest BCUT2D eigenvalue weighted by Crippen LogP contribution is -2.24. The SMILES string of the molecule is Cc1cc(C)c(C)c(CC2=NC(CO)CN2)c1C. The van der Waals surface area contributed by atoms with Crippen LogP contribution in [0.2, 0.25) is 0 Å². The van der Waals surface area contributed by atoms with Gasteiger partial charge in [0.15, 0.2) is 0 Å². The Kier molecular flexibility index (Phi) is 3.71. The molecule has 98 valence electrons. The van der Waals surface area contributed by atoms with Crippen LogP contribution in [0.3, 0.4) is 0 Å². The summed E-state index contributed by atoms with van der Waals surface area (Å²) in [5.41, 5.74) is 6.76. The summed E-state index contributed by atoms with van der Waals surface area (Å²) in [4.78, 5) is 4.50. The molecule has 0 saturated carbocycles. The van der Waals surface area contributed by atoms with Gasteiger partial charge in [0.25, 0.3) is 0 Å². The molecule has 3 nitrogen and oxygen atoms in total. The average molecular weight is 246 g/mol. The van der Waals surface area contributed by atoms with Crippen molar-refractivity contribution < 1.29 is 5.11 Å². The number of aliphatic hydroxyl groups excluding tert-OH is 1. The van der Waals surface area contributed by atoms with Crippen molar-refractivity contribution in [3.8, 4) is 0 Å². The van der Waals surface area contributed by atoms with Crippen LogP contribution >= 0.6 is 0 Å². The second-order valence-electron chi connectivity index (χ2n) is 5.21. The largest absolute Gasteiger partial charge is 0.394 e. The highest BCUT2D eigenvalue weighted by Crippen LogP contribution is 2.22. The van der Waals surface area contributed by atoms with Gasteiger partial charge < -0.3 is 10.4 Å². The Bertz CT molecular complexity index is 466. The molecule has 0 aromatic heterocycles. The van der Waals surface area contributed by atoms with Gasteiger partial charge in [-0.25, -0.2) is 0 Å². The molecular weight excluding hydrogens is 224 g/mol. The van der Waals surface area contributed by atoms with Crippen LogP contribution in [-0.4, -0.2) is 30.1 Å². The third kappa shape index (κ3) is 2.41. The molecule has 0 radical (unpaired) electrons. The lowest BCUT2D eigenvalue weighted by molar-refractivity contribution is 0.271. The number of benzene rings is 1. The molecule has 1 heterocycles. The smallest absolute Gasteiger partial charge is 0.101 e. The third-order valence-electron chi connectivity index (χ3n) is 3.96. The Labute approximate surface area is 109 Å². The first-order valence-corrected chi connectivity index (χ1v) is 6.50. The van der Waals surface area contributed by atoms with Crippen molar-refractivity contribution in [3.63, 3.8) is 0 Å². The van der Waals surface area contributed by atoms with Gasteiger partial charge in [0.2, 0.25) is 0 Å². The van der Waals surface area contributed by atoms with Crippen molar-refractivity contribution in [2.24, 2.45) is 4.99 Å². The maximum atomic E-state index is 9.10. The highest BCUT2D eigenvalue weighted by atomic mass is 16.3. The van der Waals surface area contributed by atoms with Gasteiger partial charge in [-0.05, 0) is 55.5 Å². The van der Waals surface area contributed by atoms with E-state index in [1.807, 2.05) is 0 Å². The van der Waals surface area contributed by atoms with E-state index in [9.17, 15) is 0 Å². The molecule has 1 aliphatic heterocycles. The molecule has 0 amide bonds. The fourth-order valence-corrected chi connectivity index (χ4v) is 2.49. The molecule has 2 rings (SSSR count). The number of amidine groups is 1. The zero-order valence-electron chi connectivity index (χ0n) is 11.7. The molecule has 2 N–H and O–H groups in total. The number of nitrogens with zero attached hydrogens (tertiary/aromatic N) is 1. The molecule has 1 aliphatic rings. The van der Waals surface area contributed by atoms with E-state index in [4.69, 9.17) is 5.11 Å². The molecular formula is C15H22N2O. The molecule has 1 aromatic rings. The summed E-state index contributed by atoms with van der Waals surface area (Å²) in [5, 5.41) is 12.4. The summed E-state index contributed by atoms with van der Waals surface area (Å²) in [6, 6.07) is 2.28. The van der Waals surface area contributed by atoms with Crippen molar-refractivity contribution in [2.75, 3.05) is 13.2 Å². The molecule has 0 spiro atoms. The maximum Gasteiger partial charge on any atom is 0.101 e. The van der Waals surface area contributed by atoms with E-state index in [2.05, 4.69) is 44.1 Å². The van der Waals surface area contributed by atoms with Crippen LogP contribution in [0.5, 0.6) is 0 Å². The van der Waals surface area contributed by atoms with Crippen LogP contribution in [0, 0.1) is 27.7 Å². The van der Waals surface area contributed by atoms with Crippen LogP contribution in [-0.2, 0) is 6.42 Å². The molecule has 0 saturated heterocycles. The number of hydrogen-bond donors (Lipinski definition) is 2. The zero-order chi connectivity index (χ0) is 13.3. The van der Waals surface area contributed by atoms with Crippen LogP contribution in [0.25, 0.3) is 0 Å². The van der Waals surface area contributed by atoms with Gasteiger partial charge in [-0.15, -0.1) is 0 Å². The monoisotopic (exact) mass is 246 g/mol. The van der Waals surface area contributed by atoms with Crippen molar-refractivity contribution in [1.82, 2.24) is 5.32 Å². The second kappa shape index (κ2) is 5.11. The molecule has 18 heavy (non-hydrogen) atoms. The average Bonchev–Trinajstić information content (AvgIpc) is 2.80. The van der Waals surface area contributed by atoms with Gasteiger partial charge in [0.05, 0.1) is 12.6 Å². The Hall–Kier alpha value is -1.35. The van der Waals surface area contributed by atoms with E-state index in [0.717, 1.165) is 18.8 Å². The van der Waals surface area contributed by atoms with E-state index in [1.54, 1.807) is 0 Å². The standard InChI is InChI=1S/C15H22N2O/c1-9-5-10(2)12(4)14(11(9)3)6-15-16-7-13(8-18)17-15/h5,13,18H,6-8H2,1-4H3,(H,16,17). The van der Waals surface area contributed by atoms with Gasteiger partial charge >= 0.3 is 0 Å². The summed E-state index contributed by atoms with van der Waals surface area (Å²) in [5.74, 6) is 1.00. The normalized spacial score (nSPS) is 18.7. The van der Waals surface area contributed by atoms with Crippen molar-refractivity contribution >= 4 is 5.84 Å². The minimum atomic E-state index is 0.0338. The lowest BCUT2D eigenvalue weighted by atomic mass is 9.92. The fraction of sp³-hybridized carbons (Fsp3) is 0.533. The van der Waals surface area contributed by atoms with Gasteiger partial charge in [-0.2, -0.15) is 0 Å². The Morgan fingerprint density at radius 2 is 1.83 bits per heavy atom. The van der Waals surface area contributed by atoms with E-state index in [-0.39, 0.29) is 12.6 Å². The predicted molar refractivity (Wildman–Crippen MR) is 75.4 cm³/mol. The summed E-state index contributed by atoms with van der Waals surface area (Å²) >= 11 is 0. The molecule has 0 aliphatic carbocycles. The lowest BCUT2D eigenvalue weighted by Gasteiger charge is -2.15. The van der Waals surface area contributed by atoms with Crippen molar-refractivity contribution in [2.45, 2.75) is 40.2 Å². The highest BCUT2D eigenvalue weighted by molar-refractivity contribution is 5.86. The Balaban J connectivity index is 2.30. The maximum absolute atomic E-state index is 9.10. The highest BCUT2D eigenvalue weighted by Gasteiger charge is 2.18. The Morgan fingerprint density at radius 1 is 1.22 bits per heavy atom. The van der Waals surface area contributed by atoms with Gasteiger partial charge in [0.1, 0.15) is 5.84 Å². The number of hydrogen-bond acceptors (Lipinski definition) is 3. The summed E-state index contributed by atoms with van der Waals surface area (Å²) in [7, 11) is 0. The van der Waals surface area contributed by atoms with Gasteiger partial charge in [0, 0.05) is 13.0 Å². The van der Waals surface area contributed by atoms with Crippen LogP contribution in [0.4, 0.5) is 0 Å². The fourth-order valence-electron chi connectivity index (χ4n) is 2.49. The van der Waals surface area contributed by atoms with Crippen molar-refractivity contribution in [1.29, 1.82) is 0 Å². The van der Waals surface area contributed by atoms with E-state index < -0.39 is 0 Å². The van der Waals surface area contributed by atoms with Crippen LogP contribution < -0.4 is 5.32 Å². The van der Waals surface area contributed by atoms with Crippen LogP contribution in [0.15, 0.2) is 11.1 Å². The van der Waals surface area contributed by atoms with Crippen LogP contribution in [0.1, 0.15) is 27.8 Å². The molecule has 0 bridgehead atoms. The second-order valence-corrected chi connectivity index (χ2v) is 5.21. The number of rotatable bonds is 3. The minimum Gasteiger partial charge on any atom is -0.394 e. The first-order valence-electron chi connectivity index (χ1n) is 6.50. The molecule has 1 unspecified atom stereocenters. The van der Waals surface area contributed by atoms with E-state index in [0.29, 0.717) is 0 Å². The minimum absolute atomic E-state index is 0.0338. The number of aliphatic imine (C=N–C) groups is 1. The number of aryl methyl sites for hydroxylation is 2. The quantitative estimate of drug-likeness (QED) is 0.854. The summed E-state index contributed by atoms with van der Waals surface area (Å²) < 4.78 is 0. The third-order valence-corrected chi connectivity index (χ3v) is 3.96. The summed E-state index contributed by atoms with van der Waals surface area (Å²) in [6.45, 7) is 9.56. The molecule has 0 fully saturated rings. The zero-order valence-corrected chi connectivity index (χ0v) is 11.7. The van der Waals surface area contributed by atoms with Gasteiger partial charge in [-0.3, -0.25) is 4.99 Å². The first kappa shape index (κ1) is 13.1. The Morgan fingerprint density at radius 3 is 2.33 bits per heavy atom. The molecule has 1 aromatic carbocycles. The predicted octanol–water partition coefficient (Wildman–Crippen LogP) is 1.83. The van der Waals surface area contributed by atoms with E-state index >= 15 is 0 Å². The van der Waals surface area contributed by atoms with Gasteiger partial charge in [-0.1, -0.05) is 6.07 Å². The van der Waals surface area contributed by atoms with Crippen molar-refractivity contribution in [3.05, 3.63) is 33.9 Å². The summed E-state index contributed by atoms with van der Waals surface area (Å²) in [6.07, 6.45) is 0.844. The number of nitrogens with one attached hydrogen (secondary N) is 1. The van der Waals surface area contributed by atoms with E-state index in [1.165, 1.54) is 27.8 Å². The topological polar surface area (TPSA) is 44.6 Å². The number of aliphatic hydroxyl groups is 1. The molecule has 3 heteroatoms. The molecule has 1 atom stereocenters.